The smallest absolute Gasteiger partial charge is 0.253 e. The van der Waals surface area contributed by atoms with Crippen LogP contribution in [0.25, 0.3) is 10.9 Å². The maximum absolute atomic E-state index is 14.1. The second kappa shape index (κ2) is 9.05. The van der Waals surface area contributed by atoms with Gasteiger partial charge in [0.25, 0.3) is 11.5 Å². The van der Waals surface area contributed by atoms with Crippen LogP contribution in [0.4, 0.5) is 10.1 Å². The lowest BCUT2D eigenvalue weighted by molar-refractivity contribution is -0.130. The number of hydrogen-bond donors (Lipinski definition) is 1. The Morgan fingerprint density at radius 1 is 1.21 bits per heavy atom. The SMILES string of the molecule is CC[C@@H](C)C(=O)N[C@H]1COc2ccccc2N(Cc2cc(=O)n(C)c3ccc(F)cc23)C1=O. The highest BCUT2D eigenvalue weighted by atomic mass is 19.1. The highest BCUT2D eigenvalue weighted by Gasteiger charge is 2.33. The van der Waals surface area contributed by atoms with Crippen LogP contribution in [0.5, 0.6) is 5.75 Å². The normalized spacial score (nSPS) is 16.7. The van der Waals surface area contributed by atoms with Gasteiger partial charge in [0.15, 0.2) is 0 Å². The summed E-state index contributed by atoms with van der Waals surface area (Å²) in [5.41, 5.74) is 1.32. The molecule has 2 atom stereocenters. The number of nitrogens with one attached hydrogen (secondary N) is 1. The molecule has 8 heteroatoms. The third kappa shape index (κ3) is 4.33. The van der Waals surface area contributed by atoms with Crippen molar-refractivity contribution in [1.29, 1.82) is 0 Å². The summed E-state index contributed by atoms with van der Waals surface area (Å²) >= 11 is 0. The van der Waals surface area contributed by atoms with Gasteiger partial charge in [-0.1, -0.05) is 26.0 Å². The molecule has 33 heavy (non-hydrogen) atoms. The van der Waals surface area contributed by atoms with Gasteiger partial charge in [-0.15, -0.1) is 0 Å². The highest BCUT2D eigenvalue weighted by molar-refractivity contribution is 6.01. The van der Waals surface area contributed by atoms with Crippen LogP contribution in [-0.2, 0) is 23.2 Å². The van der Waals surface area contributed by atoms with Gasteiger partial charge in [0.2, 0.25) is 5.91 Å². The van der Waals surface area contributed by atoms with Gasteiger partial charge >= 0.3 is 0 Å². The molecule has 3 aromatic rings. The first-order chi connectivity index (χ1) is 15.8. The number of ether oxygens (including phenoxy) is 1. The van der Waals surface area contributed by atoms with Crippen LogP contribution in [0.3, 0.4) is 0 Å². The lowest BCUT2D eigenvalue weighted by Gasteiger charge is -2.26. The average molecular weight is 451 g/mol. The van der Waals surface area contributed by atoms with E-state index in [1.54, 1.807) is 44.3 Å². The number of carbonyl (C=O) groups excluding carboxylic acids is 2. The topological polar surface area (TPSA) is 80.6 Å². The fraction of sp³-hybridized carbons (Fsp3) is 0.320. The molecule has 1 aliphatic rings. The summed E-state index contributed by atoms with van der Waals surface area (Å²) in [5, 5.41) is 3.33. The van der Waals surface area contributed by atoms with Gasteiger partial charge in [0.1, 0.15) is 24.2 Å². The first-order valence-electron chi connectivity index (χ1n) is 10.9. The Balaban J connectivity index is 1.78. The van der Waals surface area contributed by atoms with Gasteiger partial charge in [-0.2, -0.15) is 0 Å². The Hall–Kier alpha value is -3.68. The monoisotopic (exact) mass is 451 g/mol. The molecule has 0 fully saturated rings. The number of amides is 2. The van der Waals surface area contributed by atoms with E-state index in [0.717, 1.165) is 0 Å². The summed E-state index contributed by atoms with van der Waals surface area (Å²) in [6, 6.07) is 11.8. The fourth-order valence-corrected chi connectivity index (χ4v) is 3.92. The van der Waals surface area contributed by atoms with E-state index in [1.807, 2.05) is 6.92 Å². The summed E-state index contributed by atoms with van der Waals surface area (Å²) in [5.74, 6) is -0.785. The second-order valence-electron chi connectivity index (χ2n) is 8.30. The Labute approximate surface area is 190 Å². The molecule has 2 aromatic carbocycles. The van der Waals surface area contributed by atoms with Crippen molar-refractivity contribution in [2.45, 2.75) is 32.9 Å². The highest BCUT2D eigenvalue weighted by Crippen LogP contribution is 2.33. The number of aromatic nitrogens is 1. The number of nitrogens with zero attached hydrogens (tertiary/aromatic N) is 2. The molecule has 0 saturated carbocycles. The van der Waals surface area contributed by atoms with E-state index in [-0.39, 0.29) is 36.4 Å². The number of carbonyl (C=O) groups is 2. The minimum absolute atomic E-state index is 0.0134. The van der Waals surface area contributed by atoms with Crippen molar-refractivity contribution in [2.24, 2.45) is 13.0 Å². The molecule has 0 aliphatic carbocycles. The largest absolute Gasteiger partial charge is 0.489 e. The maximum atomic E-state index is 14.1. The van der Waals surface area contributed by atoms with Gasteiger partial charge in [0.05, 0.1) is 17.7 Å². The van der Waals surface area contributed by atoms with Gasteiger partial charge in [-0.25, -0.2) is 4.39 Å². The van der Waals surface area contributed by atoms with Crippen molar-refractivity contribution in [1.82, 2.24) is 9.88 Å². The van der Waals surface area contributed by atoms with E-state index < -0.39 is 11.9 Å². The number of halogens is 1. The van der Waals surface area contributed by atoms with Crippen LogP contribution >= 0.6 is 0 Å². The number of para-hydroxylation sites is 2. The number of benzene rings is 2. The Morgan fingerprint density at radius 3 is 2.73 bits per heavy atom. The van der Waals surface area contributed by atoms with Crippen LogP contribution < -0.4 is 20.5 Å². The van der Waals surface area contributed by atoms with Gasteiger partial charge in [0, 0.05) is 24.4 Å². The maximum Gasteiger partial charge on any atom is 0.253 e. The van der Waals surface area contributed by atoms with E-state index in [2.05, 4.69) is 5.32 Å². The Morgan fingerprint density at radius 2 is 1.97 bits per heavy atom. The first kappa shape index (κ1) is 22.5. The molecular formula is C25H26FN3O4. The van der Waals surface area contributed by atoms with E-state index in [9.17, 15) is 18.8 Å². The van der Waals surface area contributed by atoms with E-state index in [1.165, 1.54) is 27.7 Å². The van der Waals surface area contributed by atoms with Crippen LogP contribution in [0.1, 0.15) is 25.8 Å². The molecule has 0 saturated heterocycles. The predicted octanol–water partition coefficient (Wildman–Crippen LogP) is 3.13. The molecule has 7 nitrogen and oxygen atoms in total. The quantitative estimate of drug-likeness (QED) is 0.646. The third-order valence-corrected chi connectivity index (χ3v) is 6.12. The Bertz CT molecular complexity index is 1290. The third-order valence-electron chi connectivity index (χ3n) is 6.12. The van der Waals surface area contributed by atoms with Crippen molar-refractivity contribution in [3.8, 4) is 5.75 Å². The molecule has 1 N–H and O–H groups in total. The van der Waals surface area contributed by atoms with Gasteiger partial charge in [-0.05, 0) is 42.3 Å². The van der Waals surface area contributed by atoms with E-state index in [4.69, 9.17) is 4.74 Å². The van der Waals surface area contributed by atoms with Crippen LogP contribution in [0.15, 0.2) is 53.3 Å². The summed E-state index contributed by atoms with van der Waals surface area (Å²) in [7, 11) is 1.62. The number of fused-ring (bicyclic) bond motifs is 2. The summed E-state index contributed by atoms with van der Waals surface area (Å²) in [6.07, 6.45) is 0.641. The lowest BCUT2D eigenvalue weighted by Crippen LogP contribution is -2.51. The minimum atomic E-state index is -0.895. The zero-order chi connectivity index (χ0) is 23.7. The molecular weight excluding hydrogens is 425 g/mol. The van der Waals surface area contributed by atoms with E-state index >= 15 is 0 Å². The molecule has 2 heterocycles. The molecule has 4 rings (SSSR count). The summed E-state index contributed by atoms with van der Waals surface area (Å²) < 4.78 is 21.4. The number of anilines is 1. The zero-order valence-corrected chi connectivity index (χ0v) is 18.8. The van der Waals surface area contributed by atoms with Crippen molar-refractivity contribution in [2.75, 3.05) is 11.5 Å². The Kier molecular flexibility index (Phi) is 6.18. The van der Waals surface area contributed by atoms with Crippen LogP contribution in [-0.4, -0.2) is 29.0 Å². The molecule has 0 unspecified atom stereocenters. The summed E-state index contributed by atoms with van der Waals surface area (Å²) in [6.45, 7) is 3.70. The number of aryl methyl sites for hydroxylation is 1. The van der Waals surface area contributed by atoms with Crippen LogP contribution in [0, 0.1) is 11.7 Å². The minimum Gasteiger partial charge on any atom is -0.489 e. The standard InChI is InChI=1S/C25H26FN3O4/c1-4-15(2)24(31)27-19-14-33-22-8-6-5-7-21(22)29(25(19)32)13-16-11-23(30)28(3)20-10-9-17(26)12-18(16)20/h5-12,15,19H,4,13-14H2,1-3H3,(H,27,31)/t15-,19+/m1/s1. The van der Waals surface area contributed by atoms with Crippen LogP contribution in [0.2, 0.25) is 0 Å². The first-order valence-corrected chi connectivity index (χ1v) is 10.9. The number of pyridine rings is 1. The number of hydrogen-bond acceptors (Lipinski definition) is 4. The van der Waals surface area contributed by atoms with Crippen molar-refractivity contribution in [3.63, 3.8) is 0 Å². The summed E-state index contributed by atoms with van der Waals surface area (Å²) in [4.78, 5) is 40.2. The van der Waals surface area contributed by atoms with Crippen molar-refractivity contribution < 1.29 is 18.7 Å². The van der Waals surface area contributed by atoms with Crippen molar-refractivity contribution >= 4 is 28.4 Å². The fourth-order valence-electron chi connectivity index (χ4n) is 3.92. The predicted molar refractivity (Wildman–Crippen MR) is 124 cm³/mol. The average Bonchev–Trinajstić information content (AvgIpc) is 2.94. The van der Waals surface area contributed by atoms with Crippen molar-refractivity contribution in [3.05, 3.63) is 70.3 Å². The molecule has 2 amide bonds. The van der Waals surface area contributed by atoms with Gasteiger partial charge in [-0.3, -0.25) is 14.4 Å². The second-order valence-corrected chi connectivity index (χ2v) is 8.30. The molecule has 1 aromatic heterocycles. The van der Waals surface area contributed by atoms with E-state index in [0.29, 0.717) is 34.3 Å². The molecule has 0 spiro atoms. The number of rotatable bonds is 5. The van der Waals surface area contributed by atoms with Gasteiger partial charge < -0.3 is 19.5 Å². The molecule has 1 aliphatic heterocycles. The molecule has 0 bridgehead atoms. The molecule has 172 valence electrons. The zero-order valence-electron chi connectivity index (χ0n) is 18.8. The molecule has 0 radical (unpaired) electrons. The lowest BCUT2D eigenvalue weighted by atomic mass is 10.1.